The van der Waals surface area contributed by atoms with Crippen LogP contribution in [0, 0.1) is 51.9 Å². The topological polar surface area (TPSA) is 0 Å². The molecule has 1 saturated carbocycles. The third-order valence-corrected chi connectivity index (χ3v) is 4.15. The van der Waals surface area contributed by atoms with E-state index in [9.17, 15) is 0 Å². The summed E-state index contributed by atoms with van der Waals surface area (Å²) in [5, 5.41) is 0. The third kappa shape index (κ3) is 4.16. The van der Waals surface area contributed by atoms with Gasteiger partial charge in [0.1, 0.15) is 0 Å². The summed E-state index contributed by atoms with van der Waals surface area (Å²) < 4.78 is 0. The summed E-state index contributed by atoms with van der Waals surface area (Å²) >= 11 is 0. The standard InChI is InChI=1S/C10H20.3CH3.Hf/c1-6-7(2)9(4)10(5)8(6)3;;;;/h6-10H,1-5H3;3*1H3;/q;3*-1;+4. The van der Waals surface area contributed by atoms with Gasteiger partial charge in [-0.15, -0.1) is 0 Å². The Balaban J connectivity index is -0.000000125. The van der Waals surface area contributed by atoms with Gasteiger partial charge in [-0.1, -0.05) is 34.6 Å². The molecule has 0 bridgehead atoms. The van der Waals surface area contributed by atoms with Crippen LogP contribution in [0.1, 0.15) is 34.6 Å². The minimum Gasteiger partial charge on any atom is -0.358 e. The van der Waals surface area contributed by atoms with E-state index < -0.39 is 0 Å². The normalized spacial score (nSPS) is 39.6. The molecule has 14 heavy (non-hydrogen) atoms. The second kappa shape index (κ2) is 9.12. The van der Waals surface area contributed by atoms with Crippen molar-refractivity contribution >= 4 is 0 Å². The van der Waals surface area contributed by atoms with Crippen LogP contribution < -0.4 is 0 Å². The van der Waals surface area contributed by atoms with Crippen molar-refractivity contribution < 1.29 is 25.8 Å². The second-order valence-electron chi connectivity index (χ2n) is 4.30. The Hall–Kier alpha value is 0.870. The van der Waals surface area contributed by atoms with E-state index >= 15 is 0 Å². The fraction of sp³-hybridized carbons (Fsp3) is 0.769. The molecule has 1 aliphatic carbocycles. The summed E-state index contributed by atoms with van der Waals surface area (Å²) in [6, 6.07) is 0. The van der Waals surface area contributed by atoms with Gasteiger partial charge in [-0.05, 0) is 29.6 Å². The fourth-order valence-electron chi connectivity index (χ4n) is 2.39. The zero-order chi connectivity index (χ0) is 7.89. The van der Waals surface area contributed by atoms with E-state index in [4.69, 9.17) is 0 Å². The van der Waals surface area contributed by atoms with Crippen molar-refractivity contribution in [1.82, 2.24) is 0 Å². The molecular weight excluding hydrogens is 335 g/mol. The first-order chi connectivity index (χ1) is 4.55. The van der Waals surface area contributed by atoms with Crippen molar-refractivity contribution in [1.29, 1.82) is 0 Å². The smallest absolute Gasteiger partial charge is 0.358 e. The van der Waals surface area contributed by atoms with Gasteiger partial charge in [-0.3, -0.25) is 0 Å². The summed E-state index contributed by atoms with van der Waals surface area (Å²) in [6.07, 6.45) is 0. The Morgan fingerprint density at radius 2 is 0.500 bits per heavy atom. The number of hydrogen-bond acceptors (Lipinski definition) is 0. The molecular formula is C13H29Hf+. The van der Waals surface area contributed by atoms with Gasteiger partial charge in [0.15, 0.2) is 0 Å². The molecule has 0 aromatic carbocycles. The van der Waals surface area contributed by atoms with Crippen molar-refractivity contribution in [2.24, 2.45) is 29.6 Å². The molecule has 0 heterocycles. The molecule has 0 amide bonds. The monoisotopic (exact) mass is 365 g/mol. The number of hydrogen-bond donors (Lipinski definition) is 0. The Morgan fingerprint density at radius 1 is 0.429 bits per heavy atom. The predicted octanol–water partition coefficient (Wildman–Crippen LogP) is 4.53. The van der Waals surface area contributed by atoms with Gasteiger partial charge in [0, 0.05) is 0 Å². The van der Waals surface area contributed by atoms with Crippen LogP contribution >= 0.6 is 0 Å². The van der Waals surface area contributed by atoms with Gasteiger partial charge in [0.2, 0.25) is 0 Å². The van der Waals surface area contributed by atoms with Crippen LogP contribution in [0.25, 0.3) is 0 Å². The maximum Gasteiger partial charge on any atom is 4.00 e. The molecule has 0 aliphatic heterocycles. The van der Waals surface area contributed by atoms with E-state index in [1.807, 2.05) is 0 Å². The Bertz CT molecular complexity index is 77.6. The first-order valence-electron chi connectivity index (χ1n) is 4.55. The maximum atomic E-state index is 2.40. The first-order valence-corrected chi connectivity index (χ1v) is 4.55. The van der Waals surface area contributed by atoms with Crippen molar-refractivity contribution in [2.75, 3.05) is 0 Å². The molecule has 1 rings (SSSR count). The van der Waals surface area contributed by atoms with Crippen molar-refractivity contribution in [2.45, 2.75) is 34.6 Å². The van der Waals surface area contributed by atoms with Gasteiger partial charge < -0.3 is 22.3 Å². The molecule has 0 aromatic rings. The molecule has 0 N–H and O–H groups in total. The zero-order valence-corrected chi connectivity index (χ0v) is 15.0. The van der Waals surface area contributed by atoms with Crippen LogP contribution in [0.15, 0.2) is 0 Å². The van der Waals surface area contributed by atoms with E-state index in [2.05, 4.69) is 34.6 Å². The SMILES string of the molecule is CC1C(C)C(C)C(C)C1C.[CH3-].[CH3-].[CH3-].[Hf+4]. The van der Waals surface area contributed by atoms with Gasteiger partial charge in [-0.2, -0.15) is 0 Å². The molecule has 0 spiro atoms. The molecule has 0 aromatic heterocycles. The third-order valence-electron chi connectivity index (χ3n) is 4.15. The van der Waals surface area contributed by atoms with Crippen LogP contribution in [0.3, 0.4) is 0 Å². The van der Waals surface area contributed by atoms with Crippen LogP contribution in [-0.4, -0.2) is 0 Å². The van der Waals surface area contributed by atoms with Crippen LogP contribution in [0.2, 0.25) is 0 Å². The average molecular weight is 364 g/mol. The van der Waals surface area contributed by atoms with E-state index in [1.54, 1.807) is 0 Å². The van der Waals surface area contributed by atoms with Gasteiger partial charge in [-0.25, -0.2) is 0 Å². The van der Waals surface area contributed by atoms with Gasteiger partial charge >= 0.3 is 25.8 Å². The fourth-order valence-corrected chi connectivity index (χ4v) is 2.39. The molecule has 1 aliphatic rings. The van der Waals surface area contributed by atoms with E-state index in [-0.39, 0.29) is 48.1 Å². The van der Waals surface area contributed by atoms with Crippen molar-refractivity contribution in [3.8, 4) is 0 Å². The summed E-state index contributed by atoms with van der Waals surface area (Å²) in [4.78, 5) is 0. The van der Waals surface area contributed by atoms with Gasteiger partial charge in [0.25, 0.3) is 0 Å². The number of rotatable bonds is 0. The minimum atomic E-state index is 0. The molecule has 0 nitrogen and oxygen atoms in total. The summed E-state index contributed by atoms with van der Waals surface area (Å²) in [6.45, 7) is 12.0. The second-order valence-corrected chi connectivity index (χ2v) is 4.30. The Morgan fingerprint density at radius 3 is 0.571 bits per heavy atom. The van der Waals surface area contributed by atoms with Crippen LogP contribution in [-0.2, 0) is 25.8 Å². The average Bonchev–Trinajstić information content (AvgIpc) is 2.07. The maximum absolute atomic E-state index is 2.40. The predicted molar refractivity (Wildman–Crippen MR) is 65.1 cm³/mol. The molecule has 84 valence electrons. The largest absolute Gasteiger partial charge is 4.00 e. The molecule has 0 radical (unpaired) electrons. The quantitative estimate of drug-likeness (QED) is 0.438. The summed E-state index contributed by atoms with van der Waals surface area (Å²) in [5.41, 5.74) is 0. The molecule has 0 atom stereocenters. The Labute approximate surface area is 112 Å². The Kier molecular flexibility index (Phi) is 15.8. The summed E-state index contributed by atoms with van der Waals surface area (Å²) in [5.74, 6) is 4.68. The van der Waals surface area contributed by atoms with Gasteiger partial charge in [0.05, 0.1) is 0 Å². The first kappa shape index (κ1) is 24.2. The molecule has 0 unspecified atom stereocenters. The zero-order valence-electron chi connectivity index (χ0n) is 11.4. The minimum absolute atomic E-state index is 0. The summed E-state index contributed by atoms with van der Waals surface area (Å²) in [7, 11) is 0. The van der Waals surface area contributed by atoms with Crippen molar-refractivity contribution in [3.63, 3.8) is 0 Å². The van der Waals surface area contributed by atoms with Crippen molar-refractivity contribution in [3.05, 3.63) is 22.3 Å². The molecule has 1 heteroatoms. The van der Waals surface area contributed by atoms with E-state index in [0.717, 1.165) is 29.6 Å². The molecule has 1 fully saturated rings. The molecule has 0 saturated heterocycles. The van der Waals surface area contributed by atoms with Crippen LogP contribution in [0.4, 0.5) is 0 Å². The van der Waals surface area contributed by atoms with E-state index in [1.165, 1.54) is 0 Å². The van der Waals surface area contributed by atoms with E-state index in [0.29, 0.717) is 0 Å². The van der Waals surface area contributed by atoms with Crippen LogP contribution in [0.5, 0.6) is 0 Å².